The minimum atomic E-state index is -0.199. The van der Waals surface area contributed by atoms with Gasteiger partial charge in [0.15, 0.2) is 0 Å². The number of carbonyl (C=O) groups excluding carboxylic acids is 2. The Morgan fingerprint density at radius 1 is 0.974 bits per heavy atom. The number of amides is 2. The van der Waals surface area contributed by atoms with E-state index in [-0.39, 0.29) is 23.9 Å². The van der Waals surface area contributed by atoms with Gasteiger partial charge in [-0.2, -0.15) is 0 Å². The predicted molar refractivity (Wildman–Crippen MR) is 157 cm³/mol. The number of hydrogen-bond donors (Lipinski definition) is 0. The summed E-state index contributed by atoms with van der Waals surface area (Å²) in [4.78, 5) is 32.8. The second kappa shape index (κ2) is 12.2. The number of likely N-dealkylation sites (tertiary alicyclic amines) is 1. The molecular weight excluding hydrogens is 510 g/mol. The van der Waals surface area contributed by atoms with Crippen LogP contribution in [0.3, 0.4) is 0 Å². The van der Waals surface area contributed by atoms with Crippen molar-refractivity contribution >= 4 is 34.8 Å². The van der Waals surface area contributed by atoms with Crippen LogP contribution in [-0.2, 0) is 4.79 Å². The molecule has 1 saturated heterocycles. The zero-order valence-electron chi connectivity index (χ0n) is 22.7. The Morgan fingerprint density at radius 3 is 2.36 bits per heavy atom. The Kier molecular flexibility index (Phi) is 8.53. The normalized spacial score (nSPS) is 19.0. The number of halogens is 1. The molecule has 0 saturated carbocycles. The molecule has 0 radical (unpaired) electrons. The summed E-state index contributed by atoms with van der Waals surface area (Å²) < 4.78 is 5.94. The lowest BCUT2D eigenvalue weighted by atomic mass is 9.89. The van der Waals surface area contributed by atoms with Gasteiger partial charge in [-0.25, -0.2) is 0 Å². The number of hydrogen-bond acceptors (Lipinski definition) is 4. The number of ether oxygens (including phenoxy) is 1. The lowest BCUT2D eigenvalue weighted by molar-refractivity contribution is -0.117. The van der Waals surface area contributed by atoms with Crippen LogP contribution in [0.25, 0.3) is 0 Å². The number of rotatable bonds is 8. The number of fused-ring (bicyclic) bond motifs is 1. The van der Waals surface area contributed by atoms with Crippen molar-refractivity contribution in [1.29, 1.82) is 0 Å². The number of carbonyl (C=O) groups is 2. The van der Waals surface area contributed by atoms with Crippen LogP contribution in [0.15, 0.2) is 72.8 Å². The van der Waals surface area contributed by atoms with Gasteiger partial charge in [0.25, 0.3) is 5.91 Å². The summed E-state index contributed by atoms with van der Waals surface area (Å²) in [5.41, 5.74) is 3.18. The molecule has 2 atom stereocenters. The van der Waals surface area contributed by atoms with E-state index in [2.05, 4.69) is 4.90 Å². The van der Waals surface area contributed by atoms with Crippen molar-refractivity contribution in [3.8, 4) is 5.75 Å². The van der Waals surface area contributed by atoms with Crippen LogP contribution in [0.4, 0.5) is 11.4 Å². The highest BCUT2D eigenvalue weighted by Gasteiger charge is 2.38. The molecule has 7 heteroatoms. The summed E-state index contributed by atoms with van der Waals surface area (Å²) in [5, 5.41) is 0.620. The molecule has 0 bridgehead atoms. The molecule has 3 aromatic carbocycles. The van der Waals surface area contributed by atoms with Crippen molar-refractivity contribution in [2.24, 2.45) is 0 Å². The molecule has 2 aliphatic rings. The van der Waals surface area contributed by atoms with E-state index in [1.165, 1.54) is 25.9 Å². The maximum Gasteiger partial charge on any atom is 0.258 e. The van der Waals surface area contributed by atoms with Gasteiger partial charge in [0.2, 0.25) is 5.91 Å². The Labute approximate surface area is 236 Å². The average molecular weight is 546 g/mol. The first-order valence-electron chi connectivity index (χ1n) is 13.9. The van der Waals surface area contributed by atoms with E-state index in [0.29, 0.717) is 23.6 Å². The number of anilines is 2. The van der Waals surface area contributed by atoms with Gasteiger partial charge < -0.3 is 19.4 Å². The van der Waals surface area contributed by atoms with Gasteiger partial charge in [0.1, 0.15) is 5.75 Å². The van der Waals surface area contributed by atoms with E-state index >= 15 is 0 Å². The highest BCUT2D eigenvalue weighted by molar-refractivity contribution is 6.30. The molecule has 5 rings (SSSR count). The fourth-order valence-electron chi connectivity index (χ4n) is 5.84. The van der Waals surface area contributed by atoms with Crippen LogP contribution in [0.1, 0.15) is 61.5 Å². The summed E-state index contributed by atoms with van der Waals surface area (Å²) in [6.07, 6.45) is 4.21. The lowest BCUT2D eigenvalue weighted by Gasteiger charge is -2.43. The van der Waals surface area contributed by atoms with Crippen LogP contribution in [-0.4, -0.2) is 49.0 Å². The van der Waals surface area contributed by atoms with Crippen molar-refractivity contribution in [2.45, 2.75) is 51.6 Å². The number of para-hydroxylation sites is 1. The highest BCUT2D eigenvalue weighted by atomic mass is 35.5. The summed E-state index contributed by atoms with van der Waals surface area (Å²) in [6.45, 7) is 7.76. The zero-order valence-corrected chi connectivity index (χ0v) is 23.4. The highest BCUT2D eigenvalue weighted by Crippen LogP contribution is 2.43. The first-order chi connectivity index (χ1) is 18.9. The van der Waals surface area contributed by atoms with E-state index < -0.39 is 0 Å². The SMILES string of the molecule is CC(=O)N(c1ccc(Cl)cc1)C1CC(C)N(C(=O)c2ccc(OCCCN3CCCC3)cc2)c2ccccc21. The van der Waals surface area contributed by atoms with Gasteiger partial charge >= 0.3 is 0 Å². The minimum absolute atomic E-state index is 0.0554. The van der Waals surface area contributed by atoms with Crippen molar-refractivity contribution in [2.75, 3.05) is 36.0 Å². The maximum atomic E-state index is 13.8. The molecule has 0 spiro atoms. The van der Waals surface area contributed by atoms with Crippen LogP contribution >= 0.6 is 11.6 Å². The van der Waals surface area contributed by atoms with E-state index in [4.69, 9.17) is 16.3 Å². The van der Waals surface area contributed by atoms with E-state index in [1.54, 1.807) is 19.1 Å². The molecule has 2 heterocycles. The molecule has 39 heavy (non-hydrogen) atoms. The van der Waals surface area contributed by atoms with E-state index in [1.807, 2.05) is 77.4 Å². The fraction of sp³-hybridized carbons (Fsp3) is 0.375. The van der Waals surface area contributed by atoms with Crippen molar-refractivity contribution in [3.63, 3.8) is 0 Å². The number of nitrogens with zero attached hydrogens (tertiary/aromatic N) is 3. The van der Waals surface area contributed by atoms with Gasteiger partial charge in [-0.05, 0) is 106 Å². The van der Waals surface area contributed by atoms with E-state index in [0.717, 1.165) is 35.7 Å². The first kappa shape index (κ1) is 27.2. The quantitative estimate of drug-likeness (QED) is 0.294. The third-order valence-electron chi connectivity index (χ3n) is 7.72. The molecule has 2 unspecified atom stereocenters. The molecule has 2 aliphatic heterocycles. The van der Waals surface area contributed by atoms with Gasteiger partial charge in [0, 0.05) is 41.5 Å². The summed E-state index contributed by atoms with van der Waals surface area (Å²) in [5.74, 6) is 0.662. The molecule has 0 N–H and O–H groups in total. The van der Waals surface area contributed by atoms with Crippen molar-refractivity contribution in [3.05, 3.63) is 88.9 Å². The van der Waals surface area contributed by atoms with Crippen LogP contribution in [0, 0.1) is 0 Å². The van der Waals surface area contributed by atoms with Crippen LogP contribution in [0.5, 0.6) is 5.75 Å². The molecule has 204 valence electrons. The maximum absolute atomic E-state index is 13.8. The van der Waals surface area contributed by atoms with Crippen molar-refractivity contribution in [1.82, 2.24) is 4.90 Å². The summed E-state index contributed by atoms with van der Waals surface area (Å²) >= 11 is 6.11. The molecule has 3 aromatic rings. The summed E-state index contributed by atoms with van der Waals surface area (Å²) in [7, 11) is 0. The largest absolute Gasteiger partial charge is 0.494 e. The van der Waals surface area contributed by atoms with Crippen molar-refractivity contribution < 1.29 is 14.3 Å². The molecule has 6 nitrogen and oxygen atoms in total. The van der Waals surface area contributed by atoms with Gasteiger partial charge in [-0.15, -0.1) is 0 Å². The van der Waals surface area contributed by atoms with Crippen LogP contribution < -0.4 is 14.5 Å². The molecule has 1 fully saturated rings. The molecule has 0 aromatic heterocycles. The fourth-order valence-corrected chi connectivity index (χ4v) is 5.96. The second-order valence-corrected chi connectivity index (χ2v) is 10.9. The second-order valence-electron chi connectivity index (χ2n) is 10.5. The summed E-state index contributed by atoms with van der Waals surface area (Å²) in [6, 6.07) is 22.3. The third-order valence-corrected chi connectivity index (χ3v) is 7.97. The Balaban J connectivity index is 1.32. The van der Waals surface area contributed by atoms with Gasteiger partial charge in [-0.1, -0.05) is 29.8 Å². The minimum Gasteiger partial charge on any atom is -0.494 e. The van der Waals surface area contributed by atoms with Crippen LogP contribution in [0.2, 0.25) is 5.02 Å². The van der Waals surface area contributed by atoms with Gasteiger partial charge in [-0.3, -0.25) is 9.59 Å². The van der Waals surface area contributed by atoms with E-state index in [9.17, 15) is 9.59 Å². The first-order valence-corrected chi connectivity index (χ1v) is 14.2. The standard InChI is InChI=1S/C32H36ClN3O3/c1-23-22-31(36(24(2)37)27-14-12-26(33)13-15-27)29-8-3-4-9-30(29)35(23)32(38)25-10-16-28(17-11-25)39-21-7-20-34-18-5-6-19-34/h3-4,8-17,23,31H,5-7,18-22H2,1-2H3. The zero-order chi connectivity index (χ0) is 27.4. The number of benzene rings is 3. The molecule has 0 aliphatic carbocycles. The Morgan fingerprint density at radius 2 is 1.67 bits per heavy atom. The van der Waals surface area contributed by atoms with Gasteiger partial charge in [0.05, 0.1) is 12.6 Å². The third kappa shape index (κ3) is 6.13. The Hall–Kier alpha value is -3.35. The smallest absolute Gasteiger partial charge is 0.258 e. The molecule has 2 amide bonds. The molecular formula is C32H36ClN3O3. The monoisotopic (exact) mass is 545 g/mol. The Bertz CT molecular complexity index is 1290. The predicted octanol–water partition coefficient (Wildman–Crippen LogP) is 6.74. The average Bonchev–Trinajstić information content (AvgIpc) is 3.46. The lowest BCUT2D eigenvalue weighted by Crippen LogP contribution is -2.47. The topological polar surface area (TPSA) is 53.1 Å².